The van der Waals surface area contributed by atoms with E-state index in [1.54, 1.807) is 24.3 Å². The number of rotatable bonds is 7. The van der Waals surface area contributed by atoms with Crippen LogP contribution in [0.15, 0.2) is 35.6 Å². The second-order valence-corrected chi connectivity index (χ2v) is 5.36. The van der Waals surface area contributed by atoms with Gasteiger partial charge in [0.25, 0.3) is 5.91 Å². The van der Waals surface area contributed by atoms with Gasteiger partial charge in [-0.2, -0.15) is 0 Å². The lowest BCUT2D eigenvalue weighted by molar-refractivity contribution is -0.144. The van der Waals surface area contributed by atoms with E-state index in [2.05, 4.69) is 0 Å². The number of nitrogens with zero attached hydrogens (tertiary/aromatic N) is 1. The molecule has 7 heteroatoms. The minimum atomic E-state index is -0.724. The standard InChI is InChI=1S/C17H21NO6/c1-10(19)14-15(11-6-5-7-12(8-11)22-2)18(17(21)16(14)20)9-13(23-3)24-4/h5-8,13,15,20H,9H2,1-4H3. The van der Waals surface area contributed by atoms with Gasteiger partial charge in [-0.25, -0.2) is 0 Å². The molecule has 0 spiro atoms. The molecule has 0 bridgehead atoms. The van der Waals surface area contributed by atoms with E-state index in [1.807, 2.05) is 0 Å². The fourth-order valence-corrected chi connectivity index (χ4v) is 2.77. The predicted molar refractivity (Wildman–Crippen MR) is 85.6 cm³/mol. The summed E-state index contributed by atoms with van der Waals surface area (Å²) in [5.41, 5.74) is 0.710. The zero-order valence-corrected chi connectivity index (χ0v) is 14.1. The van der Waals surface area contributed by atoms with Crippen LogP contribution < -0.4 is 4.74 Å². The molecule has 1 aromatic rings. The van der Waals surface area contributed by atoms with Gasteiger partial charge in [-0.15, -0.1) is 0 Å². The highest BCUT2D eigenvalue weighted by Gasteiger charge is 2.43. The van der Waals surface area contributed by atoms with E-state index in [0.29, 0.717) is 11.3 Å². The minimum absolute atomic E-state index is 0.0548. The molecule has 0 aliphatic carbocycles. The van der Waals surface area contributed by atoms with Crippen molar-refractivity contribution in [2.45, 2.75) is 19.3 Å². The number of hydrogen-bond acceptors (Lipinski definition) is 6. The molecule has 1 unspecified atom stereocenters. The molecule has 0 fully saturated rings. The number of aliphatic hydroxyl groups is 1. The lowest BCUT2D eigenvalue weighted by Gasteiger charge is -2.29. The van der Waals surface area contributed by atoms with Gasteiger partial charge >= 0.3 is 0 Å². The van der Waals surface area contributed by atoms with Gasteiger partial charge in [0.1, 0.15) is 5.75 Å². The van der Waals surface area contributed by atoms with E-state index in [-0.39, 0.29) is 17.9 Å². The fourth-order valence-electron chi connectivity index (χ4n) is 2.77. The van der Waals surface area contributed by atoms with Crippen molar-refractivity contribution in [1.82, 2.24) is 4.90 Å². The molecule has 2 rings (SSSR count). The van der Waals surface area contributed by atoms with Crippen molar-refractivity contribution < 1.29 is 28.9 Å². The Hall–Kier alpha value is -2.38. The number of aliphatic hydroxyl groups excluding tert-OH is 1. The maximum absolute atomic E-state index is 12.4. The Balaban J connectivity index is 2.49. The Labute approximate surface area is 140 Å². The Kier molecular flexibility index (Phi) is 5.58. The topological polar surface area (TPSA) is 85.3 Å². The smallest absolute Gasteiger partial charge is 0.290 e. The molecule has 24 heavy (non-hydrogen) atoms. The van der Waals surface area contributed by atoms with Crippen LogP contribution in [0.1, 0.15) is 18.5 Å². The van der Waals surface area contributed by atoms with Crippen LogP contribution in [0.2, 0.25) is 0 Å². The third-order valence-electron chi connectivity index (χ3n) is 3.96. The molecule has 1 aliphatic rings. The number of ketones is 1. The van der Waals surface area contributed by atoms with E-state index >= 15 is 0 Å². The van der Waals surface area contributed by atoms with Crippen molar-refractivity contribution in [3.8, 4) is 5.75 Å². The lowest BCUT2D eigenvalue weighted by atomic mass is 9.96. The van der Waals surface area contributed by atoms with Crippen molar-refractivity contribution in [2.75, 3.05) is 27.9 Å². The maximum Gasteiger partial charge on any atom is 0.290 e. The normalized spacial score (nSPS) is 17.8. The van der Waals surface area contributed by atoms with Crippen LogP contribution in [0, 0.1) is 0 Å². The molecule has 1 atom stereocenters. The third-order valence-corrected chi connectivity index (χ3v) is 3.96. The highest BCUT2D eigenvalue weighted by molar-refractivity contribution is 6.08. The van der Waals surface area contributed by atoms with Crippen LogP contribution in [-0.4, -0.2) is 55.9 Å². The molecule has 1 amide bonds. The average Bonchev–Trinajstić information content (AvgIpc) is 2.84. The first-order chi connectivity index (χ1) is 11.4. The molecule has 0 saturated heterocycles. The van der Waals surface area contributed by atoms with Crippen molar-refractivity contribution in [3.05, 3.63) is 41.2 Å². The number of benzene rings is 1. The van der Waals surface area contributed by atoms with Crippen LogP contribution in [0.4, 0.5) is 0 Å². The van der Waals surface area contributed by atoms with Crippen molar-refractivity contribution in [2.24, 2.45) is 0 Å². The van der Waals surface area contributed by atoms with Gasteiger partial charge in [0, 0.05) is 14.2 Å². The molecule has 0 saturated carbocycles. The number of carbonyl (C=O) groups is 2. The first-order valence-corrected chi connectivity index (χ1v) is 7.39. The number of carbonyl (C=O) groups excluding carboxylic acids is 2. The second kappa shape index (κ2) is 7.46. The van der Waals surface area contributed by atoms with Crippen molar-refractivity contribution in [1.29, 1.82) is 0 Å². The van der Waals surface area contributed by atoms with Crippen LogP contribution in [0.25, 0.3) is 0 Å². The van der Waals surface area contributed by atoms with Crippen LogP contribution in [0.3, 0.4) is 0 Å². The highest BCUT2D eigenvalue weighted by Crippen LogP contribution is 2.38. The number of hydrogen-bond donors (Lipinski definition) is 1. The van der Waals surface area contributed by atoms with Gasteiger partial charge in [-0.3, -0.25) is 9.59 Å². The zero-order chi connectivity index (χ0) is 17.9. The third kappa shape index (κ3) is 3.27. The molecule has 1 heterocycles. The van der Waals surface area contributed by atoms with Crippen molar-refractivity contribution >= 4 is 11.7 Å². The SMILES string of the molecule is COc1cccc(C2C(C(C)=O)=C(O)C(=O)N2CC(OC)OC)c1. The predicted octanol–water partition coefficient (Wildman–Crippen LogP) is 1.60. The minimum Gasteiger partial charge on any atom is -0.503 e. The monoisotopic (exact) mass is 335 g/mol. The van der Waals surface area contributed by atoms with E-state index < -0.39 is 24.0 Å². The van der Waals surface area contributed by atoms with E-state index in [1.165, 1.54) is 33.2 Å². The van der Waals surface area contributed by atoms with E-state index in [9.17, 15) is 14.7 Å². The van der Waals surface area contributed by atoms with Gasteiger partial charge in [0.2, 0.25) is 0 Å². The Bertz CT molecular complexity index is 665. The fraction of sp³-hybridized carbons (Fsp3) is 0.412. The zero-order valence-electron chi connectivity index (χ0n) is 14.1. The van der Waals surface area contributed by atoms with Crippen LogP contribution in [0.5, 0.6) is 5.75 Å². The van der Waals surface area contributed by atoms with E-state index in [0.717, 1.165) is 0 Å². The summed E-state index contributed by atoms with van der Waals surface area (Å²) in [7, 11) is 4.44. The highest BCUT2D eigenvalue weighted by atomic mass is 16.7. The van der Waals surface area contributed by atoms with Gasteiger partial charge in [-0.05, 0) is 24.6 Å². The molecular weight excluding hydrogens is 314 g/mol. The summed E-state index contributed by atoms with van der Waals surface area (Å²) >= 11 is 0. The molecule has 0 aromatic heterocycles. The summed E-state index contributed by atoms with van der Waals surface area (Å²) in [6, 6.07) is 6.28. The largest absolute Gasteiger partial charge is 0.503 e. The average molecular weight is 335 g/mol. The molecule has 7 nitrogen and oxygen atoms in total. The summed E-state index contributed by atoms with van der Waals surface area (Å²) in [5.74, 6) is -0.958. The molecule has 0 radical (unpaired) electrons. The summed E-state index contributed by atoms with van der Waals surface area (Å²) < 4.78 is 15.5. The Morgan fingerprint density at radius 3 is 2.50 bits per heavy atom. The van der Waals surface area contributed by atoms with Crippen molar-refractivity contribution in [3.63, 3.8) is 0 Å². The number of methoxy groups -OCH3 is 3. The molecule has 1 aliphatic heterocycles. The van der Waals surface area contributed by atoms with Gasteiger partial charge in [0.05, 0.1) is 25.3 Å². The van der Waals surface area contributed by atoms with Gasteiger partial charge < -0.3 is 24.2 Å². The molecule has 1 aromatic carbocycles. The summed E-state index contributed by atoms with van der Waals surface area (Å²) in [5, 5.41) is 10.2. The summed E-state index contributed by atoms with van der Waals surface area (Å²) in [4.78, 5) is 25.8. The Morgan fingerprint density at radius 1 is 1.29 bits per heavy atom. The quantitative estimate of drug-likeness (QED) is 0.762. The first kappa shape index (κ1) is 18.0. The first-order valence-electron chi connectivity index (χ1n) is 7.39. The molecular formula is C17H21NO6. The van der Waals surface area contributed by atoms with Gasteiger partial charge in [-0.1, -0.05) is 12.1 Å². The maximum atomic E-state index is 12.4. The summed E-state index contributed by atoms with van der Waals surface area (Å²) in [6.45, 7) is 1.38. The second-order valence-electron chi connectivity index (χ2n) is 5.36. The van der Waals surface area contributed by atoms with Crippen LogP contribution in [-0.2, 0) is 19.1 Å². The molecule has 1 N–H and O–H groups in total. The lowest BCUT2D eigenvalue weighted by Crippen LogP contribution is -2.38. The van der Waals surface area contributed by atoms with Crippen LogP contribution >= 0.6 is 0 Å². The Morgan fingerprint density at radius 2 is 1.96 bits per heavy atom. The van der Waals surface area contributed by atoms with E-state index in [4.69, 9.17) is 14.2 Å². The summed E-state index contributed by atoms with van der Waals surface area (Å²) in [6.07, 6.45) is -0.679. The number of Topliss-reactive ketones (excluding diaryl/α,β-unsaturated/α-hetero) is 1. The van der Waals surface area contributed by atoms with Gasteiger partial charge in [0.15, 0.2) is 17.8 Å². The number of amides is 1. The molecule has 130 valence electrons. The number of ether oxygens (including phenoxy) is 3.